The first kappa shape index (κ1) is 33.5. The number of hydrogen-bond acceptors (Lipinski definition) is 1. The molecule has 2 aliphatic heterocycles. The van der Waals surface area contributed by atoms with E-state index in [2.05, 4.69) is 182 Å². The minimum Gasteiger partial charge on any atom is -0.454 e. The van der Waals surface area contributed by atoms with Gasteiger partial charge in [-0.1, -0.05) is 130 Å². The van der Waals surface area contributed by atoms with E-state index in [0.29, 0.717) is 5.92 Å². The van der Waals surface area contributed by atoms with Crippen LogP contribution < -0.4 is 9.13 Å². The molecule has 10 rings (SSSR count). The van der Waals surface area contributed by atoms with Crippen LogP contribution in [0.25, 0.3) is 66.7 Å². The molecular weight excluding hydrogens is 669 g/mol. The van der Waals surface area contributed by atoms with Gasteiger partial charge < -0.3 is 4.42 Å². The number of hydrogen-bond donors (Lipinski definition) is 0. The molecule has 0 radical (unpaired) electrons. The molecule has 0 saturated carbocycles. The molecule has 0 saturated heterocycles. The summed E-state index contributed by atoms with van der Waals surface area (Å²) in [5, 5.41) is 2.30. The topological polar surface area (TPSA) is 20.9 Å². The highest BCUT2D eigenvalue weighted by atomic mass is 16.3. The second-order valence-electron chi connectivity index (χ2n) is 16.6. The Balaban J connectivity index is 1.13. The van der Waals surface area contributed by atoms with Crippen molar-refractivity contribution in [1.29, 1.82) is 0 Å². The molecule has 268 valence electrons. The Kier molecular flexibility index (Phi) is 7.95. The fourth-order valence-electron chi connectivity index (χ4n) is 9.35. The summed E-state index contributed by atoms with van der Waals surface area (Å²) in [5.74, 6) is 0.330. The van der Waals surface area contributed by atoms with Crippen LogP contribution in [0.5, 0.6) is 0 Å². The lowest BCUT2D eigenvalue weighted by Gasteiger charge is -2.32. The highest BCUT2D eigenvalue weighted by Crippen LogP contribution is 2.46. The molecule has 2 unspecified atom stereocenters. The molecule has 8 aromatic rings. The van der Waals surface area contributed by atoms with Crippen molar-refractivity contribution in [3.63, 3.8) is 0 Å². The van der Waals surface area contributed by atoms with E-state index >= 15 is 0 Å². The molecule has 0 amide bonds. The number of allylic oxidation sites excluding steroid dienone is 1. The maximum Gasteiger partial charge on any atom is 0.216 e. The van der Waals surface area contributed by atoms with Gasteiger partial charge in [0.05, 0.1) is 5.56 Å². The van der Waals surface area contributed by atoms with Gasteiger partial charge in [-0.3, -0.25) is 0 Å². The average molecular weight is 715 g/mol. The zero-order valence-corrected chi connectivity index (χ0v) is 31.9. The lowest BCUT2D eigenvalue weighted by Crippen LogP contribution is -2.49. The molecule has 3 nitrogen and oxygen atoms in total. The van der Waals surface area contributed by atoms with Crippen LogP contribution in [-0.4, -0.2) is 0 Å². The van der Waals surface area contributed by atoms with Crippen molar-refractivity contribution in [3.8, 4) is 44.8 Å². The quantitative estimate of drug-likeness (QED) is 0.129. The van der Waals surface area contributed by atoms with E-state index in [9.17, 15) is 0 Å². The summed E-state index contributed by atoms with van der Waals surface area (Å²) < 4.78 is 12.1. The standard InChI is InChI=1S/C52H46N2O/c1-34-31-48-43(41-15-8-9-16-42(41)46-29-26-39(33-54(46)48)52(2,3)4)27-24-38-25-28-45-44-18-12-17-40(37-22-20-36(21-23-37)35-13-6-5-7-14-35)50(44)55-51(45)49(38)47-19-10-11-30-53(47)32-34/h5-23,25-26,28-30,33,43,48H,1,24,27,31-32H2,2-4H3/q+2. The highest BCUT2D eigenvalue weighted by molar-refractivity contribution is 6.13. The van der Waals surface area contributed by atoms with Crippen molar-refractivity contribution >= 4 is 21.9 Å². The van der Waals surface area contributed by atoms with Gasteiger partial charge in [-0.05, 0) is 69.8 Å². The molecule has 0 aliphatic carbocycles. The van der Waals surface area contributed by atoms with E-state index in [4.69, 9.17) is 11.0 Å². The van der Waals surface area contributed by atoms with Gasteiger partial charge in [0.2, 0.25) is 11.4 Å². The van der Waals surface area contributed by atoms with Gasteiger partial charge in [-0.15, -0.1) is 0 Å². The van der Waals surface area contributed by atoms with Gasteiger partial charge in [0, 0.05) is 58.0 Å². The number of aryl methyl sites for hydroxylation is 1. The van der Waals surface area contributed by atoms with Crippen LogP contribution in [0.4, 0.5) is 0 Å². The fraction of sp³-hybridized carbons (Fsp3) is 0.192. The van der Waals surface area contributed by atoms with Gasteiger partial charge in [-0.2, -0.15) is 9.13 Å². The molecule has 3 heteroatoms. The Morgan fingerprint density at radius 2 is 1.36 bits per heavy atom. The third kappa shape index (κ3) is 5.72. The number of fused-ring (bicyclic) bond motifs is 13. The Labute approximate surface area is 323 Å². The maximum absolute atomic E-state index is 7.15. The van der Waals surface area contributed by atoms with Crippen molar-refractivity contribution < 1.29 is 13.6 Å². The average Bonchev–Trinajstić information content (AvgIpc) is 3.59. The second kappa shape index (κ2) is 13.1. The van der Waals surface area contributed by atoms with Crippen LogP contribution >= 0.6 is 0 Å². The summed E-state index contributed by atoms with van der Waals surface area (Å²) in [6.07, 6.45) is 7.52. The number of rotatable bonds is 2. The number of benzene rings is 5. The van der Waals surface area contributed by atoms with Crippen LogP contribution in [0.1, 0.15) is 62.3 Å². The summed E-state index contributed by atoms with van der Waals surface area (Å²) in [6, 6.07) is 51.3. The molecule has 3 aromatic heterocycles. The van der Waals surface area contributed by atoms with Gasteiger partial charge in [0.15, 0.2) is 25.0 Å². The molecule has 0 fully saturated rings. The first-order chi connectivity index (χ1) is 26.8. The number of pyridine rings is 2. The first-order valence-electron chi connectivity index (χ1n) is 19.8. The summed E-state index contributed by atoms with van der Waals surface area (Å²) >= 11 is 0. The summed E-state index contributed by atoms with van der Waals surface area (Å²) in [5.41, 5.74) is 17.0. The fourth-order valence-corrected chi connectivity index (χ4v) is 9.35. The molecule has 2 aliphatic rings. The normalized spacial score (nSPS) is 16.7. The third-order valence-electron chi connectivity index (χ3n) is 12.2. The van der Waals surface area contributed by atoms with Crippen molar-refractivity contribution in [2.45, 2.75) is 64.0 Å². The number of nitrogens with zero attached hydrogens (tertiary/aromatic N) is 2. The van der Waals surface area contributed by atoms with Gasteiger partial charge in [0.1, 0.15) is 11.2 Å². The molecule has 0 spiro atoms. The molecule has 0 N–H and O–H groups in total. The monoisotopic (exact) mass is 714 g/mol. The van der Waals surface area contributed by atoms with Crippen molar-refractivity contribution in [2.24, 2.45) is 0 Å². The number of para-hydroxylation sites is 1. The van der Waals surface area contributed by atoms with Crippen LogP contribution in [0.2, 0.25) is 0 Å². The zero-order valence-electron chi connectivity index (χ0n) is 31.9. The van der Waals surface area contributed by atoms with Crippen molar-refractivity contribution in [2.75, 3.05) is 0 Å². The second-order valence-corrected chi connectivity index (χ2v) is 16.6. The molecular formula is C52H46N2O+2. The predicted octanol–water partition coefficient (Wildman–Crippen LogP) is 12.4. The van der Waals surface area contributed by atoms with Gasteiger partial charge in [0.25, 0.3) is 0 Å². The van der Waals surface area contributed by atoms with E-state index in [1.165, 1.54) is 55.9 Å². The lowest BCUT2D eigenvalue weighted by atomic mass is 9.77. The van der Waals surface area contributed by atoms with Crippen molar-refractivity contribution in [3.05, 3.63) is 181 Å². The first-order valence-corrected chi connectivity index (χ1v) is 19.8. The molecule has 2 atom stereocenters. The number of furan rings is 1. The minimum absolute atomic E-state index is 0.0517. The van der Waals surface area contributed by atoms with E-state index in [1.54, 1.807) is 0 Å². The smallest absolute Gasteiger partial charge is 0.216 e. The predicted molar refractivity (Wildman–Crippen MR) is 225 cm³/mol. The van der Waals surface area contributed by atoms with E-state index in [-0.39, 0.29) is 11.5 Å². The maximum atomic E-state index is 7.15. The zero-order chi connectivity index (χ0) is 37.3. The van der Waals surface area contributed by atoms with Gasteiger partial charge in [-0.25, -0.2) is 0 Å². The largest absolute Gasteiger partial charge is 0.454 e. The summed E-state index contributed by atoms with van der Waals surface area (Å²) in [7, 11) is 0. The number of aromatic nitrogens is 2. The minimum atomic E-state index is 0.0517. The Bertz CT molecular complexity index is 2770. The van der Waals surface area contributed by atoms with E-state index in [1.807, 2.05) is 0 Å². The molecule has 5 heterocycles. The lowest BCUT2D eigenvalue weighted by molar-refractivity contribution is -0.720. The molecule has 55 heavy (non-hydrogen) atoms. The SMILES string of the molecule is C=C1CC2C(CCc3ccc4c(oc5c(-c6ccc(-c7ccccc7)cc6)cccc54)c3-c3cccc[n+]3C1)c1ccccc1-c1ccc(C(C)(C)C)c[n+]12. The van der Waals surface area contributed by atoms with Gasteiger partial charge >= 0.3 is 0 Å². The Morgan fingerprint density at radius 3 is 2.20 bits per heavy atom. The van der Waals surface area contributed by atoms with E-state index in [0.717, 1.165) is 58.9 Å². The van der Waals surface area contributed by atoms with Crippen LogP contribution in [-0.2, 0) is 18.4 Å². The molecule has 0 bridgehead atoms. The van der Waals surface area contributed by atoms with Crippen LogP contribution in [0.3, 0.4) is 0 Å². The summed E-state index contributed by atoms with van der Waals surface area (Å²) in [4.78, 5) is 0. The third-order valence-corrected chi connectivity index (χ3v) is 12.2. The van der Waals surface area contributed by atoms with Crippen molar-refractivity contribution in [1.82, 2.24) is 0 Å². The summed E-state index contributed by atoms with van der Waals surface area (Å²) in [6.45, 7) is 12.5. The Hall–Kier alpha value is -6.06. The van der Waals surface area contributed by atoms with Crippen LogP contribution in [0, 0.1) is 0 Å². The molecule has 5 aromatic carbocycles. The van der Waals surface area contributed by atoms with E-state index < -0.39 is 0 Å². The van der Waals surface area contributed by atoms with Crippen LogP contribution in [0.15, 0.2) is 168 Å². The highest BCUT2D eigenvalue weighted by Gasteiger charge is 2.42. The Morgan fingerprint density at radius 1 is 0.636 bits per heavy atom.